The van der Waals surface area contributed by atoms with Crippen molar-refractivity contribution in [3.63, 3.8) is 0 Å². The minimum absolute atomic E-state index is 0. The van der Waals surface area contributed by atoms with Gasteiger partial charge in [0.25, 0.3) is 0 Å². The van der Waals surface area contributed by atoms with Crippen molar-refractivity contribution in [1.29, 1.82) is 0 Å². The van der Waals surface area contributed by atoms with Gasteiger partial charge in [-0.15, -0.1) is 24.0 Å². The number of nitrogens with zero attached hydrogens (tertiary/aromatic N) is 2. The lowest BCUT2D eigenvalue weighted by atomic mass is 9.93. The fourth-order valence-corrected chi connectivity index (χ4v) is 2.27. The van der Waals surface area contributed by atoms with Gasteiger partial charge in [0.1, 0.15) is 0 Å². The number of piperidine rings is 1. The molecule has 1 rings (SSSR count). The summed E-state index contributed by atoms with van der Waals surface area (Å²) in [7, 11) is 1.42. The van der Waals surface area contributed by atoms with Crippen LogP contribution in [0, 0.1) is 11.3 Å². The summed E-state index contributed by atoms with van der Waals surface area (Å²) in [5, 5.41) is 3.23. The Morgan fingerprint density at radius 1 is 1.35 bits per heavy atom. The Balaban J connectivity index is 0.00000484. The molecule has 0 spiro atoms. The average Bonchev–Trinajstić information content (AvgIpc) is 2.50. The molecule has 0 radical (unpaired) electrons. The molecule has 1 fully saturated rings. The predicted molar refractivity (Wildman–Crippen MR) is 101 cm³/mol. The summed E-state index contributed by atoms with van der Waals surface area (Å²) in [6.07, 6.45) is 1.49. The zero-order valence-electron chi connectivity index (χ0n) is 14.4. The third-order valence-electron chi connectivity index (χ3n) is 3.96. The van der Waals surface area contributed by atoms with Gasteiger partial charge in [-0.3, -0.25) is 14.6 Å². The Kier molecular flexibility index (Phi) is 9.48. The maximum atomic E-state index is 11.6. The summed E-state index contributed by atoms with van der Waals surface area (Å²) in [6, 6.07) is 0. The lowest BCUT2D eigenvalue weighted by molar-refractivity contribution is -0.146. The number of primary amides is 1. The molecule has 0 bridgehead atoms. The molecule has 134 valence electrons. The molecule has 3 N–H and O–H groups in total. The number of amides is 1. The van der Waals surface area contributed by atoms with Gasteiger partial charge in [-0.25, -0.2) is 0 Å². The van der Waals surface area contributed by atoms with Crippen molar-refractivity contribution in [3.8, 4) is 0 Å². The van der Waals surface area contributed by atoms with Crippen molar-refractivity contribution < 1.29 is 14.3 Å². The molecule has 1 aliphatic rings. The molecule has 1 heterocycles. The van der Waals surface area contributed by atoms with Crippen LogP contribution in [0.15, 0.2) is 4.99 Å². The van der Waals surface area contributed by atoms with Crippen LogP contribution in [0.4, 0.5) is 0 Å². The van der Waals surface area contributed by atoms with Crippen LogP contribution in [0.3, 0.4) is 0 Å². The highest BCUT2D eigenvalue weighted by molar-refractivity contribution is 14.0. The molecule has 0 unspecified atom stereocenters. The van der Waals surface area contributed by atoms with E-state index in [1.807, 2.05) is 6.92 Å². The summed E-state index contributed by atoms with van der Waals surface area (Å²) in [5.41, 5.74) is 4.71. The number of guanidine groups is 1. The summed E-state index contributed by atoms with van der Waals surface area (Å²) in [5.74, 6) is 0.222. The first-order chi connectivity index (χ1) is 10.3. The highest BCUT2D eigenvalue weighted by Gasteiger charge is 2.28. The van der Waals surface area contributed by atoms with E-state index in [-0.39, 0.29) is 41.8 Å². The molecule has 0 aromatic heterocycles. The number of nitrogens with two attached hydrogens (primary N) is 1. The summed E-state index contributed by atoms with van der Waals surface area (Å²) in [4.78, 5) is 29.6. The number of ether oxygens (including phenoxy) is 1. The summed E-state index contributed by atoms with van der Waals surface area (Å²) in [6.45, 7) is 8.12. The van der Waals surface area contributed by atoms with Gasteiger partial charge in [0.05, 0.1) is 25.0 Å². The maximum Gasteiger partial charge on any atom is 0.308 e. The van der Waals surface area contributed by atoms with E-state index >= 15 is 0 Å². The minimum atomic E-state index is -0.676. The van der Waals surface area contributed by atoms with E-state index in [2.05, 4.69) is 15.2 Å². The zero-order chi connectivity index (χ0) is 16.8. The SMILES string of the molecule is CCNC(=NCC(C)(C)C(N)=O)N1CCC(C(=O)OC)CC1.I. The van der Waals surface area contributed by atoms with E-state index in [0.29, 0.717) is 6.54 Å². The van der Waals surface area contributed by atoms with Gasteiger partial charge in [-0.05, 0) is 33.6 Å². The van der Waals surface area contributed by atoms with Crippen LogP contribution in [0.5, 0.6) is 0 Å². The molecule has 0 atom stereocenters. The van der Waals surface area contributed by atoms with Crippen molar-refractivity contribution >= 4 is 41.8 Å². The first-order valence-electron chi connectivity index (χ1n) is 7.72. The number of hydrogen-bond donors (Lipinski definition) is 2. The lowest BCUT2D eigenvalue weighted by Crippen LogP contribution is -2.47. The van der Waals surface area contributed by atoms with Gasteiger partial charge in [0.2, 0.25) is 5.91 Å². The molecule has 0 aromatic rings. The molecule has 0 aromatic carbocycles. The minimum Gasteiger partial charge on any atom is -0.469 e. The Bertz CT molecular complexity index is 432. The van der Waals surface area contributed by atoms with Gasteiger partial charge in [0, 0.05) is 19.6 Å². The summed E-state index contributed by atoms with van der Waals surface area (Å²) >= 11 is 0. The number of hydrogen-bond acceptors (Lipinski definition) is 4. The van der Waals surface area contributed by atoms with Crippen molar-refractivity contribution in [2.24, 2.45) is 22.1 Å². The van der Waals surface area contributed by atoms with Crippen molar-refractivity contribution in [2.45, 2.75) is 33.6 Å². The van der Waals surface area contributed by atoms with Gasteiger partial charge >= 0.3 is 5.97 Å². The molecule has 1 saturated heterocycles. The standard InChI is InChI=1S/C15H28N4O3.HI/c1-5-17-14(18-10-15(2,3)13(16)21)19-8-6-11(7-9-19)12(20)22-4;/h11H,5-10H2,1-4H3,(H2,16,21)(H,17,18);1H. The second-order valence-electron chi connectivity index (χ2n) is 6.20. The molecule has 1 amide bonds. The third-order valence-corrected chi connectivity index (χ3v) is 3.96. The molecule has 7 nitrogen and oxygen atoms in total. The van der Waals surface area contributed by atoms with Crippen LogP contribution >= 0.6 is 24.0 Å². The Hall–Kier alpha value is -1.06. The van der Waals surface area contributed by atoms with Gasteiger partial charge in [0.15, 0.2) is 5.96 Å². The van der Waals surface area contributed by atoms with Crippen LogP contribution in [0.25, 0.3) is 0 Å². The van der Waals surface area contributed by atoms with Crippen molar-refractivity contribution in [2.75, 3.05) is 33.3 Å². The van der Waals surface area contributed by atoms with Gasteiger partial charge in [-0.2, -0.15) is 0 Å². The van der Waals surface area contributed by atoms with E-state index in [1.165, 1.54) is 7.11 Å². The predicted octanol–water partition coefficient (Wildman–Crippen LogP) is 0.966. The Morgan fingerprint density at radius 2 is 1.91 bits per heavy atom. The first kappa shape index (κ1) is 21.9. The quantitative estimate of drug-likeness (QED) is 0.288. The molecule has 0 saturated carbocycles. The maximum absolute atomic E-state index is 11.6. The summed E-state index contributed by atoms with van der Waals surface area (Å²) < 4.78 is 4.80. The van der Waals surface area contributed by atoms with Gasteiger partial charge < -0.3 is 20.7 Å². The third kappa shape index (κ3) is 6.52. The molecular formula is C15H29IN4O3. The zero-order valence-corrected chi connectivity index (χ0v) is 16.8. The number of rotatable bonds is 5. The normalized spacial score (nSPS) is 16.5. The fraction of sp³-hybridized carbons (Fsp3) is 0.800. The van der Waals surface area contributed by atoms with Crippen molar-refractivity contribution in [1.82, 2.24) is 10.2 Å². The molecule has 8 heteroatoms. The highest BCUT2D eigenvalue weighted by Crippen LogP contribution is 2.19. The largest absolute Gasteiger partial charge is 0.469 e. The number of halogens is 1. The number of esters is 1. The van der Waals surface area contributed by atoms with Crippen LogP contribution in [-0.2, 0) is 14.3 Å². The molecule has 0 aliphatic carbocycles. The van der Waals surface area contributed by atoms with E-state index in [0.717, 1.165) is 38.4 Å². The van der Waals surface area contributed by atoms with Crippen LogP contribution < -0.4 is 11.1 Å². The second-order valence-corrected chi connectivity index (χ2v) is 6.20. The number of nitrogens with one attached hydrogen (secondary N) is 1. The smallest absolute Gasteiger partial charge is 0.308 e. The molecular weight excluding hydrogens is 411 g/mol. The monoisotopic (exact) mass is 440 g/mol. The first-order valence-corrected chi connectivity index (χ1v) is 7.72. The number of methoxy groups -OCH3 is 1. The number of carbonyl (C=O) groups excluding carboxylic acids is 2. The molecule has 23 heavy (non-hydrogen) atoms. The van der Waals surface area contributed by atoms with Crippen LogP contribution in [-0.4, -0.2) is 56.0 Å². The van der Waals surface area contributed by atoms with Crippen LogP contribution in [0.1, 0.15) is 33.6 Å². The van der Waals surface area contributed by atoms with Crippen molar-refractivity contribution in [3.05, 3.63) is 0 Å². The number of carbonyl (C=O) groups is 2. The fourth-order valence-electron chi connectivity index (χ4n) is 2.27. The highest BCUT2D eigenvalue weighted by atomic mass is 127. The van der Waals surface area contributed by atoms with E-state index in [9.17, 15) is 9.59 Å². The van der Waals surface area contributed by atoms with E-state index in [4.69, 9.17) is 10.5 Å². The average molecular weight is 440 g/mol. The van der Waals surface area contributed by atoms with Gasteiger partial charge in [-0.1, -0.05) is 0 Å². The van der Waals surface area contributed by atoms with E-state index in [1.54, 1.807) is 13.8 Å². The van der Waals surface area contributed by atoms with E-state index < -0.39 is 5.41 Å². The second kappa shape index (κ2) is 9.94. The Morgan fingerprint density at radius 3 is 2.35 bits per heavy atom. The van der Waals surface area contributed by atoms with Crippen LogP contribution in [0.2, 0.25) is 0 Å². The lowest BCUT2D eigenvalue weighted by Gasteiger charge is -2.33. The number of aliphatic imine (C=N–C) groups is 1. The number of likely N-dealkylation sites (tertiary alicyclic amines) is 1. The topological polar surface area (TPSA) is 97.0 Å². The molecule has 1 aliphatic heterocycles. The Labute approximate surface area is 155 Å².